The molecule has 2 rings (SSSR count). The van der Waals surface area contributed by atoms with E-state index in [1.165, 1.54) is 6.21 Å². The molecule has 0 aliphatic heterocycles. The zero-order valence-corrected chi connectivity index (χ0v) is 19.3. The van der Waals surface area contributed by atoms with E-state index in [0.29, 0.717) is 22.3 Å². The number of ether oxygens (including phenoxy) is 3. The first-order valence-corrected chi connectivity index (χ1v) is 10.1. The number of nitrogens with one attached hydrogen (secondary N) is 1. The molecule has 1 N–H and O–H groups in total. The highest BCUT2D eigenvalue weighted by atomic mass is 79.9. The van der Waals surface area contributed by atoms with Gasteiger partial charge in [0.15, 0.2) is 18.1 Å². The topological polar surface area (TPSA) is 69.2 Å². The molecule has 0 aromatic heterocycles. The predicted octanol–water partition coefficient (Wildman–Crippen LogP) is 5.04. The van der Waals surface area contributed by atoms with Crippen molar-refractivity contribution >= 4 is 39.7 Å². The zero-order valence-electron chi connectivity index (χ0n) is 17.0. The number of rotatable bonds is 8. The Morgan fingerprint density at radius 1 is 1.24 bits per heavy atom. The van der Waals surface area contributed by atoms with Crippen molar-refractivity contribution in [2.24, 2.45) is 5.10 Å². The summed E-state index contributed by atoms with van der Waals surface area (Å²) >= 11 is 9.64. The van der Waals surface area contributed by atoms with Crippen molar-refractivity contribution in [3.05, 3.63) is 50.5 Å². The molecule has 1 amide bonds. The van der Waals surface area contributed by atoms with Gasteiger partial charge in [-0.15, -0.1) is 0 Å². The van der Waals surface area contributed by atoms with E-state index in [1.807, 2.05) is 33.8 Å². The first-order chi connectivity index (χ1) is 13.7. The van der Waals surface area contributed by atoms with E-state index in [0.717, 1.165) is 21.2 Å². The second-order valence-electron chi connectivity index (χ2n) is 6.60. The molecule has 0 spiro atoms. The summed E-state index contributed by atoms with van der Waals surface area (Å²) < 4.78 is 17.3. The summed E-state index contributed by atoms with van der Waals surface area (Å²) in [6, 6.07) is 7.18. The Bertz CT molecular complexity index is 916. The minimum atomic E-state index is -0.384. The van der Waals surface area contributed by atoms with Gasteiger partial charge < -0.3 is 14.2 Å². The molecule has 8 heteroatoms. The van der Waals surface area contributed by atoms with E-state index < -0.39 is 0 Å². The van der Waals surface area contributed by atoms with Gasteiger partial charge in [0.05, 0.1) is 23.9 Å². The van der Waals surface area contributed by atoms with Crippen molar-refractivity contribution in [3.63, 3.8) is 0 Å². The Balaban J connectivity index is 1.95. The molecule has 0 aliphatic carbocycles. The number of aryl methyl sites for hydroxylation is 1. The van der Waals surface area contributed by atoms with E-state index in [9.17, 15) is 4.79 Å². The third-order valence-electron chi connectivity index (χ3n) is 3.88. The quantitative estimate of drug-likeness (QED) is 0.422. The first-order valence-electron chi connectivity index (χ1n) is 8.97. The maximum absolute atomic E-state index is 12.0. The van der Waals surface area contributed by atoms with E-state index in [-0.39, 0.29) is 18.6 Å². The van der Waals surface area contributed by atoms with Crippen molar-refractivity contribution in [3.8, 4) is 17.2 Å². The Hall–Kier alpha value is -2.25. The zero-order chi connectivity index (χ0) is 21.6. The lowest BCUT2D eigenvalue weighted by Gasteiger charge is -2.13. The fourth-order valence-corrected chi connectivity index (χ4v) is 3.17. The molecule has 0 heterocycles. The maximum Gasteiger partial charge on any atom is 0.277 e. The summed E-state index contributed by atoms with van der Waals surface area (Å²) in [5.74, 6) is 1.41. The summed E-state index contributed by atoms with van der Waals surface area (Å²) in [4.78, 5) is 12.0. The smallest absolute Gasteiger partial charge is 0.277 e. The van der Waals surface area contributed by atoms with Gasteiger partial charge >= 0.3 is 0 Å². The van der Waals surface area contributed by atoms with Crippen molar-refractivity contribution in [2.45, 2.75) is 33.8 Å². The van der Waals surface area contributed by atoms with E-state index in [4.69, 9.17) is 25.8 Å². The first kappa shape index (κ1) is 23.0. The van der Waals surface area contributed by atoms with Crippen LogP contribution in [-0.2, 0) is 4.79 Å². The van der Waals surface area contributed by atoms with Crippen LogP contribution in [0.1, 0.15) is 30.5 Å². The van der Waals surface area contributed by atoms with Crippen LogP contribution in [0, 0.1) is 13.8 Å². The van der Waals surface area contributed by atoms with E-state index in [1.54, 1.807) is 25.3 Å². The molecule has 0 bridgehead atoms. The lowest BCUT2D eigenvalue weighted by atomic mass is 10.1. The van der Waals surface area contributed by atoms with Gasteiger partial charge in [0, 0.05) is 5.02 Å². The van der Waals surface area contributed by atoms with Crippen molar-refractivity contribution in [2.75, 3.05) is 13.7 Å². The minimum absolute atomic E-state index is 0.0379. The van der Waals surface area contributed by atoms with Gasteiger partial charge in [-0.25, -0.2) is 5.43 Å². The number of hydrogen-bond donors (Lipinski definition) is 1. The Morgan fingerprint density at radius 2 is 1.97 bits per heavy atom. The Kier molecular flexibility index (Phi) is 8.34. The minimum Gasteiger partial charge on any atom is -0.493 e. The van der Waals surface area contributed by atoms with Gasteiger partial charge in [-0.3, -0.25) is 4.79 Å². The third-order valence-corrected chi connectivity index (χ3v) is 5.45. The molecule has 2 aromatic rings. The van der Waals surface area contributed by atoms with E-state index >= 15 is 0 Å². The lowest BCUT2D eigenvalue weighted by Crippen LogP contribution is -2.24. The van der Waals surface area contributed by atoms with Crippen molar-refractivity contribution < 1.29 is 19.0 Å². The summed E-state index contributed by atoms with van der Waals surface area (Å²) in [5, 5.41) is 4.62. The summed E-state index contributed by atoms with van der Waals surface area (Å²) in [7, 11) is 1.57. The van der Waals surface area contributed by atoms with Crippen LogP contribution < -0.4 is 19.6 Å². The average molecular weight is 484 g/mol. The average Bonchev–Trinajstić information content (AvgIpc) is 2.68. The van der Waals surface area contributed by atoms with Crippen LogP contribution in [0.2, 0.25) is 5.02 Å². The molecule has 156 valence electrons. The second-order valence-corrected chi connectivity index (χ2v) is 7.77. The number of carbonyl (C=O) groups is 1. The lowest BCUT2D eigenvalue weighted by molar-refractivity contribution is -0.123. The van der Waals surface area contributed by atoms with Crippen LogP contribution in [0.4, 0.5) is 0 Å². The summed E-state index contributed by atoms with van der Waals surface area (Å²) in [6.07, 6.45) is 1.56. The summed E-state index contributed by atoms with van der Waals surface area (Å²) in [6.45, 7) is 7.46. The largest absolute Gasteiger partial charge is 0.493 e. The van der Waals surface area contributed by atoms with Crippen LogP contribution in [0.15, 0.2) is 33.8 Å². The Labute approximate surface area is 184 Å². The van der Waals surface area contributed by atoms with Crippen LogP contribution in [0.5, 0.6) is 17.2 Å². The van der Waals surface area contributed by atoms with Crippen LogP contribution in [-0.4, -0.2) is 31.9 Å². The fourth-order valence-electron chi connectivity index (χ4n) is 2.48. The fraction of sp³-hybridized carbons (Fsp3) is 0.333. The molecule has 0 unspecified atom stereocenters. The third kappa shape index (κ3) is 6.37. The van der Waals surface area contributed by atoms with Gasteiger partial charge in [0.1, 0.15) is 5.75 Å². The van der Waals surface area contributed by atoms with Crippen molar-refractivity contribution in [1.82, 2.24) is 5.43 Å². The monoisotopic (exact) mass is 482 g/mol. The second kappa shape index (κ2) is 10.5. The highest BCUT2D eigenvalue weighted by molar-refractivity contribution is 9.10. The van der Waals surface area contributed by atoms with Gasteiger partial charge in [-0.1, -0.05) is 11.6 Å². The highest BCUT2D eigenvalue weighted by Crippen LogP contribution is 2.35. The predicted molar refractivity (Wildman–Crippen MR) is 119 cm³/mol. The number of nitrogens with zero attached hydrogens (tertiary/aromatic N) is 1. The Morgan fingerprint density at radius 3 is 2.62 bits per heavy atom. The van der Waals surface area contributed by atoms with Gasteiger partial charge in [0.2, 0.25) is 0 Å². The molecule has 2 aromatic carbocycles. The number of amides is 1. The van der Waals surface area contributed by atoms with Crippen molar-refractivity contribution in [1.29, 1.82) is 0 Å². The molecule has 6 nitrogen and oxygen atoms in total. The van der Waals surface area contributed by atoms with Gasteiger partial charge in [0.25, 0.3) is 5.91 Å². The number of methoxy groups -OCH3 is 1. The highest BCUT2D eigenvalue weighted by Gasteiger charge is 2.12. The molecular formula is C21H24BrClN2O4. The number of carbonyl (C=O) groups excluding carboxylic acids is 1. The van der Waals surface area contributed by atoms with Crippen LogP contribution >= 0.6 is 27.5 Å². The van der Waals surface area contributed by atoms with Crippen LogP contribution in [0.25, 0.3) is 0 Å². The van der Waals surface area contributed by atoms with Gasteiger partial charge in [-0.2, -0.15) is 5.10 Å². The normalized spacial score (nSPS) is 11.0. The molecule has 0 radical (unpaired) electrons. The molecule has 0 saturated heterocycles. The molecule has 0 aliphatic rings. The number of hydrogen-bond acceptors (Lipinski definition) is 5. The molecule has 29 heavy (non-hydrogen) atoms. The molecule has 0 saturated carbocycles. The number of halogens is 2. The molecule has 0 fully saturated rings. The standard InChI is InChI=1S/C21H24BrClN2O4/c1-12(2)29-16-7-6-15(9-17(16)27-5)10-24-25-19(26)11-28-18-8-13(3)21(23)14(4)20(18)22/h6-10,12H,11H2,1-5H3,(H,25,26)/b24-10+. The SMILES string of the molecule is COc1cc(/C=N/NC(=O)COc2cc(C)c(Cl)c(C)c2Br)ccc1OC(C)C. The number of benzene rings is 2. The van der Waals surface area contributed by atoms with Crippen LogP contribution in [0.3, 0.4) is 0 Å². The number of hydrazone groups is 1. The molecule has 0 atom stereocenters. The van der Waals surface area contributed by atoms with E-state index in [2.05, 4.69) is 26.5 Å². The molecular weight excluding hydrogens is 460 g/mol. The van der Waals surface area contributed by atoms with Gasteiger partial charge in [-0.05, 0) is 84.6 Å². The maximum atomic E-state index is 12.0. The summed E-state index contributed by atoms with van der Waals surface area (Å²) in [5.41, 5.74) is 4.93.